The molecule has 47 heavy (non-hydrogen) atoms. The molecule has 0 radical (unpaired) electrons. The molecule has 3 heterocycles. The summed E-state index contributed by atoms with van der Waals surface area (Å²) in [6.45, 7) is 10.4. The Morgan fingerprint density at radius 2 is 1.70 bits per heavy atom. The van der Waals surface area contributed by atoms with Crippen molar-refractivity contribution >= 4 is 28.4 Å². The zero-order valence-corrected chi connectivity index (χ0v) is 28.1. The van der Waals surface area contributed by atoms with Gasteiger partial charge in [-0.3, -0.25) is 19.2 Å². The van der Waals surface area contributed by atoms with Crippen molar-refractivity contribution in [3.63, 3.8) is 0 Å². The number of amides is 2. The van der Waals surface area contributed by atoms with Gasteiger partial charge in [-0.1, -0.05) is 58.4 Å². The number of hydrogen-bond donors (Lipinski definition) is 2. The van der Waals surface area contributed by atoms with Crippen LogP contribution in [0.25, 0.3) is 22.2 Å². The van der Waals surface area contributed by atoms with E-state index in [0.717, 1.165) is 41.5 Å². The molecule has 5 rings (SSSR count). The second kappa shape index (κ2) is 14.6. The van der Waals surface area contributed by atoms with E-state index in [9.17, 15) is 9.59 Å². The molecule has 0 spiro atoms. The monoisotopic (exact) mass is 632 g/mol. The first-order valence-electron chi connectivity index (χ1n) is 16.0. The van der Waals surface area contributed by atoms with Gasteiger partial charge in [0.1, 0.15) is 17.1 Å². The largest absolute Gasteiger partial charge is 0.497 e. The molecule has 0 fully saturated rings. The Bertz CT molecular complexity index is 1910. The van der Waals surface area contributed by atoms with Gasteiger partial charge in [0.25, 0.3) is 5.56 Å². The number of rotatable bonds is 11. The predicted molar refractivity (Wildman–Crippen MR) is 190 cm³/mol. The van der Waals surface area contributed by atoms with Gasteiger partial charge in [-0.15, -0.1) is 0 Å². The van der Waals surface area contributed by atoms with Crippen LogP contribution in [0.3, 0.4) is 0 Å². The highest BCUT2D eigenvalue weighted by Crippen LogP contribution is 2.35. The molecule has 2 amide bonds. The van der Waals surface area contributed by atoms with Gasteiger partial charge < -0.3 is 15.4 Å². The Morgan fingerprint density at radius 1 is 0.936 bits per heavy atom. The number of ether oxygens (including phenoxy) is 1. The minimum Gasteiger partial charge on any atom is -0.497 e. The standard InChI is InChI=1S/C38H44N6O3/c1-7-8-21-44-35-30(13-10-18-40-35)33(28-11-9-12-29(23-28)47-6)34(36(44)45)42-37(46)41-32-22-27(14-15-31(32)38(2,3)4)25-43(5)24-26-16-19-39-20-17-26/h9-20,22-23H,7-8,21,24-25H2,1-6H3,(H2,41,42,46). The van der Waals surface area contributed by atoms with Crippen LogP contribution in [0.15, 0.2) is 90.1 Å². The Balaban J connectivity index is 1.53. The van der Waals surface area contributed by atoms with Crippen molar-refractivity contribution in [2.45, 2.75) is 65.6 Å². The summed E-state index contributed by atoms with van der Waals surface area (Å²) in [4.78, 5) is 39.1. The summed E-state index contributed by atoms with van der Waals surface area (Å²) in [5.41, 5.74) is 5.48. The fraction of sp³-hybridized carbons (Fsp3) is 0.316. The van der Waals surface area contributed by atoms with E-state index in [2.05, 4.69) is 72.4 Å². The van der Waals surface area contributed by atoms with Crippen molar-refractivity contribution in [3.8, 4) is 16.9 Å². The highest BCUT2D eigenvalue weighted by molar-refractivity contribution is 6.07. The summed E-state index contributed by atoms with van der Waals surface area (Å²) in [5.74, 6) is 0.644. The summed E-state index contributed by atoms with van der Waals surface area (Å²) in [6.07, 6.45) is 6.99. The topological polar surface area (TPSA) is 101 Å². The Hall–Kier alpha value is -5.02. The Kier molecular flexibility index (Phi) is 10.4. The molecule has 0 aliphatic carbocycles. The number of carbonyl (C=O) groups excluding carboxylic acids is 1. The minimum atomic E-state index is -0.496. The maximum absolute atomic E-state index is 14.2. The molecule has 9 heteroatoms. The van der Waals surface area contributed by atoms with Crippen molar-refractivity contribution < 1.29 is 9.53 Å². The number of unbranched alkanes of at least 4 members (excludes halogenated alkanes) is 1. The second-order valence-corrected chi connectivity index (χ2v) is 12.9. The number of nitrogens with one attached hydrogen (secondary N) is 2. The molecule has 244 valence electrons. The lowest BCUT2D eigenvalue weighted by molar-refractivity contribution is 0.262. The molecule has 0 unspecified atom stereocenters. The first-order chi connectivity index (χ1) is 22.6. The van der Waals surface area contributed by atoms with Crippen molar-refractivity contribution in [2.75, 3.05) is 24.8 Å². The summed E-state index contributed by atoms with van der Waals surface area (Å²) in [7, 11) is 3.67. The van der Waals surface area contributed by atoms with Crippen LogP contribution in [-0.4, -0.2) is 39.6 Å². The van der Waals surface area contributed by atoms with E-state index in [1.54, 1.807) is 30.3 Å². The lowest BCUT2D eigenvalue weighted by atomic mass is 9.85. The van der Waals surface area contributed by atoms with Crippen LogP contribution in [0.5, 0.6) is 5.75 Å². The SMILES string of the molecule is CCCCn1c(=O)c(NC(=O)Nc2cc(CN(C)Cc3ccncc3)ccc2C(C)(C)C)c(-c2cccc(OC)c2)c2cccnc21. The van der Waals surface area contributed by atoms with Gasteiger partial charge in [-0.2, -0.15) is 0 Å². The molecule has 0 aliphatic rings. The van der Waals surface area contributed by atoms with Crippen LogP contribution in [0.2, 0.25) is 0 Å². The fourth-order valence-corrected chi connectivity index (χ4v) is 5.88. The first-order valence-corrected chi connectivity index (χ1v) is 16.0. The fourth-order valence-electron chi connectivity index (χ4n) is 5.88. The molecule has 0 saturated heterocycles. The average molecular weight is 633 g/mol. The number of carbonyl (C=O) groups is 1. The van der Waals surface area contributed by atoms with Gasteiger partial charge in [0.05, 0.1) is 7.11 Å². The molecule has 0 bridgehead atoms. The molecule has 2 aromatic carbocycles. The normalized spacial score (nSPS) is 11.6. The predicted octanol–water partition coefficient (Wildman–Crippen LogP) is 7.84. The quantitative estimate of drug-likeness (QED) is 0.154. The van der Waals surface area contributed by atoms with Crippen LogP contribution < -0.4 is 20.9 Å². The maximum Gasteiger partial charge on any atom is 0.323 e. The van der Waals surface area contributed by atoms with Gasteiger partial charge in [0, 0.05) is 54.9 Å². The lowest BCUT2D eigenvalue weighted by Crippen LogP contribution is -2.30. The number of pyridine rings is 3. The van der Waals surface area contributed by atoms with Gasteiger partial charge in [0.2, 0.25) is 0 Å². The summed E-state index contributed by atoms with van der Waals surface area (Å²) < 4.78 is 7.17. The number of hydrogen-bond acceptors (Lipinski definition) is 6. The van der Waals surface area contributed by atoms with E-state index in [0.29, 0.717) is 35.7 Å². The van der Waals surface area contributed by atoms with Gasteiger partial charge in [0.15, 0.2) is 0 Å². The Morgan fingerprint density at radius 3 is 2.43 bits per heavy atom. The van der Waals surface area contributed by atoms with Crippen molar-refractivity contribution in [3.05, 3.63) is 112 Å². The van der Waals surface area contributed by atoms with E-state index < -0.39 is 6.03 Å². The van der Waals surface area contributed by atoms with Crippen LogP contribution in [0.1, 0.15) is 57.2 Å². The number of anilines is 2. The molecular formula is C38H44N6O3. The van der Waals surface area contributed by atoms with Crippen LogP contribution in [0.4, 0.5) is 16.2 Å². The average Bonchev–Trinajstić information content (AvgIpc) is 3.05. The molecule has 2 N–H and O–H groups in total. The minimum absolute atomic E-state index is 0.193. The van der Waals surface area contributed by atoms with Crippen LogP contribution >= 0.6 is 0 Å². The smallest absolute Gasteiger partial charge is 0.323 e. The highest BCUT2D eigenvalue weighted by Gasteiger charge is 2.23. The molecule has 5 aromatic rings. The van der Waals surface area contributed by atoms with Gasteiger partial charge >= 0.3 is 6.03 Å². The third-order valence-electron chi connectivity index (χ3n) is 8.15. The van der Waals surface area contributed by atoms with Crippen molar-refractivity contribution in [2.24, 2.45) is 0 Å². The molecular weight excluding hydrogens is 588 g/mol. The zero-order chi connectivity index (χ0) is 33.6. The maximum atomic E-state index is 14.2. The second-order valence-electron chi connectivity index (χ2n) is 12.9. The zero-order valence-electron chi connectivity index (χ0n) is 28.1. The van der Waals surface area contributed by atoms with Gasteiger partial charge in [-0.05, 0) is 83.6 Å². The number of aryl methyl sites for hydroxylation is 1. The summed E-state index contributed by atoms with van der Waals surface area (Å²) >= 11 is 0. The number of aromatic nitrogens is 3. The number of urea groups is 1. The Labute approximate surface area is 276 Å². The number of methoxy groups -OCH3 is 1. The number of fused-ring (bicyclic) bond motifs is 1. The third-order valence-corrected chi connectivity index (χ3v) is 8.15. The summed E-state index contributed by atoms with van der Waals surface area (Å²) in [6, 6.07) is 21.0. The highest BCUT2D eigenvalue weighted by atomic mass is 16.5. The lowest BCUT2D eigenvalue weighted by Gasteiger charge is -2.25. The molecule has 3 aromatic heterocycles. The van der Waals surface area contributed by atoms with E-state index in [4.69, 9.17) is 4.74 Å². The summed E-state index contributed by atoms with van der Waals surface area (Å²) in [5, 5.41) is 6.84. The number of nitrogens with zero attached hydrogens (tertiary/aromatic N) is 4. The molecule has 0 atom stereocenters. The third kappa shape index (κ3) is 7.86. The van der Waals surface area contributed by atoms with E-state index >= 15 is 0 Å². The van der Waals surface area contributed by atoms with E-state index in [1.165, 1.54) is 5.56 Å². The van der Waals surface area contributed by atoms with E-state index in [-0.39, 0.29) is 16.7 Å². The van der Waals surface area contributed by atoms with Crippen molar-refractivity contribution in [1.82, 2.24) is 19.4 Å². The molecule has 9 nitrogen and oxygen atoms in total. The van der Waals surface area contributed by atoms with Crippen molar-refractivity contribution in [1.29, 1.82) is 0 Å². The number of benzene rings is 2. The molecule has 0 aliphatic heterocycles. The van der Waals surface area contributed by atoms with E-state index in [1.807, 2.05) is 54.6 Å². The van der Waals surface area contributed by atoms with Crippen LogP contribution in [-0.2, 0) is 25.0 Å². The first kappa shape index (κ1) is 33.3. The molecule has 0 saturated carbocycles. The van der Waals surface area contributed by atoms with Gasteiger partial charge in [-0.25, -0.2) is 9.78 Å². The van der Waals surface area contributed by atoms with Crippen LogP contribution in [0, 0.1) is 0 Å².